The van der Waals surface area contributed by atoms with Crippen LogP contribution in [-0.4, -0.2) is 27.1 Å². The molecule has 1 aliphatic heterocycles. The molecule has 2 atom stereocenters. The SMILES string of the molecule is CC(C)(C)C1C(c2cnc(N)c(N)c2)Oc2ccccc2CN1C(=O)O. The number of anilines is 2. The van der Waals surface area contributed by atoms with Crippen LogP contribution in [0.15, 0.2) is 36.5 Å². The van der Waals surface area contributed by atoms with Gasteiger partial charge < -0.3 is 21.3 Å². The summed E-state index contributed by atoms with van der Waals surface area (Å²) in [4.78, 5) is 17.6. The third kappa shape index (κ3) is 3.24. The van der Waals surface area contributed by atoms with Crippen molar-refractivity contribution < 1.29 is 14.6 Å². The van der Waals surface area contributed by atoms with Gasteiger partial charge in [0.15, 0.2) is 0 Å². The fraction of sp³-hybridized carbons (Fsp3) is 0.368. The first-order valence-corrected chi connectivity index (χ1v) is 8.43. The molecule has 2 unspecified atom stereocenters. The summed E-state index contributed by atoms with van der Waals surface area (Å²) in [5.41, 5.74) is 13.2. The first-order chi connectivity index (χ1) is 12.2. The van der Waals surface area contributed by atoms with Gasteiger partial charge in [-0.2, -0.15) is 0 Å². The number of benzene rings is 1. The third-order valence-electron chi connectivity index (χ3n) is 4.62. The van der Waals surface area contributed by atoms with Gasteiger partial charge in [0.25, 0.3) is 0 Å². The highest BCUT2D eigenvalue weighted by Crippen LogP contribution is 2.42. The maximum Gasteiger partial charge on any atom is 0.408 e. The van der Waals surface area contributed by atoms with Crippen molar-refractivity contribution in [2.75, 3.05) is 11.5 Å². The Balaban J connectivity index is 2.18. The second-order valence-corrected chi connectivity index (χ2v) is 7.61. The molecule has 0 bridgehead atoms. The summed E-state index contributed by atoms with van der Waals surface area (Å²) in [5.74, 6) is 0.899. The Kier molecular flexibility index (Phi) is 4.39. The van der Waals surface area contributed by atoms with E-state index < -0.39 is 18.2 Å². The lowest BCUT2D eigenvalue weighted by molar-refractivity contribution is 0.0144. The molecule has 1 aromatic carbocycles. The van der Waals surface area contributed by atoms with Gasteiger partial charge in [0.1, 0.15) is 17.7 Å². The lowest BCUT2D eigenvalue weighted by Crippen LogP contribution is -2.50. The van der Waals surface area contributed by atoms with Gasteiger partial charge in [-0.25, -0.2) is 9.78 Å². The standard InChI is InChI=1S/C19H24N4O3/c1-19(2,3)16-15(12-8-13(20)17(21)22-9-12)26-14-7-5-4-6-11(14)10-23(16)18(24)25/h4-9,15-16H,10,20H2,1-3H3,(H2,21,22)(H,24,25). The van der Waals surface area contributed by atoms with E-state index in [1.54, 1.807) is 12.3 Å². The number of pyridine rings is 1. The molecule has 138 valence electrons. The number of amides is 1. The van der Waals surface area contributed by atoms with E-state index in [0.717, 1.165) is 5.56 Å². The van der Waals surface area contributed by atoms with Crippen molar-refractivity contribution in [3.8, 4) is 5.75 Å². The normalized spacial score (nSPS) is 20.0. The predicted octanol–water partition coefficient (Wildman–Crippen LogP) is 3.27. The number of rotatable bonds is 1. The minimum Gasteiger partial charge on any atom is -0.483 e. The number of hydrogen-bond acceptors (Lipinski definition) is 5. The minimum absolute atomic E-state index is 0.241. The van der Waals surface area contributed by atoms with Crippen molar-refractivity contribution in [1.82, 2.24) is 9.88 Å². The smallest absolute Gasteiger partial charge is 0.408 e. The molecule has 3 rings (SSSR count). The number of ether oxygens (including phenoxy) is 1. The number of carboxylic acid groups (broad SMARTS) is 1. The van der Waals surface area contributed by atoms with E-state index in [9.17, 15) is 9.90 Å². The van der Waals surface area contributed by atoms with Gasteiger partial charge in [-0.1, -0.05) is 39.0 Å². The van der Waals surface area contributed by atoms with Crippen LogP contribution in [0.3, 0.4) is 0 Å². The van der Waals surface area contributed by atoms with Gasteiger partial charge in [0.2, 0.25) is 0 Å². The van der Waals surface area contributed by atoms with Crippen LogP contribution in [0.2, 0.25) is 0 Å². The molecule has 26 heavy (non-hydrogen) atoms. The van der Waals surface area contributed by atoms with Crippen molar-refractivity contribution in [2.45, 2.75) is 39.5 Å². The van der Waals surface area contributed by atoms with Crippen molar-refractivity contribution in [1.29, 1.82) is 0 Å². The molecule has 0 fully saturated rings. The number of nitrogen functional groups attached to an aromatic ring is 2. The van der Waals surface area contributed by atoms with E-state index in [0.29, 0.717) is 17.0 Å². The molecule has 1 aromatic heterocycles. The number of para-hydroxylation sites is 1. The first kappa shape index (κ1) is 17.8. The predicted molar refractivity (Wildman–Crippen MR) is 99.7 cm³/mol. The first-order valence-electron chi connectivity index (χ1n) is 8.43. The van der Waals surface area contributed by atoms with E-state index in [-0.39, 0.29) is 17.8 Å². The Morgan fingerprint density at radius 1 is 1.31 bits per heavy atom. The molecule has 0 saturated heterocycles. The van der Waals surface area contributed by atoms with Gasteiger partial charge in [0, 0.05) is 17.3 Å². The number of carbonyl (C=O) groups is 1. The molecule has 0 aliphatic carbocycles. The summed E-state index contributed by atoms with van der Waals surface area (Å²) < 4.78 is 6.32. The molecule has 7 nitrogen and oxygen atoms in total. The third-order valence-corrected chi connectivity index (χ3v) is 4.62. The molecule has 1 aliphatic rings. The largest absolute Gasteiger partial charge is 0.483 e. The highest BCUT2D eigenvalue weighted by Gasteiger charge is 2.44. The van der Waals surface area contributed by atoms with Gasteiger partial charge in [0.05, 0.1) is 18.3 Å². The van der Waals surface area contributed by atoms with Crippen LogP contribution in [0.5, 0.6) is 5.75 Å². The van der Waals surface area contributed by atoms with Crippen LogP contribution in [0.25, 0.3) is 0 Å². The Morgan fingerprint density at radius 2 is 2.00 bits per heavy atom. The summed E-state index contributed by atoms with van der Waals surface area (Å²) >= 11 is 0. The highest BCUT2D eigenvalue weighted by atomic mass is 16.5. The fourth-order valence-electron chi connectivity index (χ4n) is 3.42. The van der Waals surface area contributed by atoms with Crippen LogP contribution in [-0.2, 0) is 6.54 Å². The Hall–Kier alpha value is -2.96. The average molecular weight is 356 g/mol. The van der Waals surface area contributed by atoms with E-state index in [1.165, 1.54) is 4.90 Å². The van der Waals surface area contributed by atoms with Crippen molar-refractivity contribution in [3.05, 3.63) is 47.7 Å². The molecule has 7 heteroatoms. The Bertz CT molecular complexity index is 832. The maximum atomic E-state index is 12.1. The second kappa shape index (κ2) is 6.40. The zero-order valence-corrected chi connectivity index (χ0v) is 15.1. The summed E-state index contributed by atoms with van der Waals surface area (Å²) in [6, 6.07) is 8.73. The highest BCUT2D eigenvalue weighted by molar-refractivity contribution is 5.66. The number of aromatic nitrogens is 1. The van der Waals surface area contributed by atoms with E-state index in [2.05, 4.69) is 4.98 Å². The van der Waals surface area contributed by atoms with Gasteiger partial charge >= 0.3 is 6.09 Å². The van der Waals surface area contributed by atoms with E-state index in [4.69, 9.17) is 16.2 Å². The molecule has 1 amide bonds. The number of hydrogen-bond donors (Lipinski definition) is 3. The topological polar surface area (TPSA) is 115 Å². The van der Waals surface area contributed by atoms with Crippen LogP contribution in [0.1, 0.15) is 38.0 Å². The number of nitrogens with zero attached hydrogens (tertiary/aromatic N) is 2. The molecule has 0 spiro atoms. The second-order valence-electron chi connectivity index (χ2n) is 7.61. The number of fused-ring (bicyclic) bond motifs is 1. The maximum absolute atomic E-state index is 12.1. The lowest BCUT2D eigenvalue weighted by Gasteiger charge is -2.41. The molecular weight excluding hydrogens is 332 g/mol. The molecule has 2 heterocycles. The summed E-state index contributed by atoms with van der Waals surface area (Å²) in [5, 5.41) is 9.90. The van der Waals surface area contributed by atoms with E-state index >= 15 is 0 Å². The molecule has 5 N–H and O–H groups in total. The summed E-state index contributed by atoms with van der Waals surface area (Å²) in [7, 11) is 0. The van der Waals surface area contributed by atoms with Crippen molar-refractivity contribution >= 4 is 17.6 Å². The zero-order chi connectivity index (χ0) is 19.1. The summed E-state index contributed by atoms with van der Waals surface area (Å²) in [6.45, 7) is 6.23. The van der Waals surface area contributed by atoms with Crippen molar-refractivity contribution in [3.63, 3.8) is 0 Å². The Labute approximate surface area is 152 Å². The molecular formula is C19H24N4O3. The molecule has 0 saturated carbocycles. The van der Waals surface area contributed by atoms with Crippen LogP contribution < -0.4 is 16.2 Å². The molecule has 0 radical (unpaired) electrons. The zero-order valence-electron chi connectivity index (χ0n) is 15.1. The average Bonchev–Trinajstić information content (AvgIpc) is 2.74. The molecule has 2 aromatic rings. The van der Waals surface area contributed by atoms with Crippen LogP contribution in [0.4, 0.5) is 16.3 Å². The van der Waals surface area contributed by atoms with Gasteiger partial charge in [-0.3, -0.25) is 4.90 Å². The quantitative estimate of drug-likeness (QED) is 0.722. The monoisotopic (exact) mass is 356 g/mol. The van der Waals surface area contributed by atoms with Gasteiger partial charge in [-0.15, -0.1) is 0 Å². The lowest BCUT2D eigenvalue weighted by atomic mass is 9.80. The minimum atomic E-state index is -0.994. The Morgan fingerprint density at radius 3 is 2.62 bits per heavy atom. The van der Waals surface area contributed by atoms with Crippen molar-refractivity contribution in [2.24, 2.45) is 5.41 Å². The summed E-state index contributed by atoms with van der Waals surface area (Å²) in [6.07, 6.45) is 0.0417. The fourth-order valence-corrected chi connectivity index (χ4v) is 3.42. The van der Waals surface area contributed by atoms with Crippen LogP contribution >= 0.6 is 0 Å². The van der Waals surface area contributed by atoms with Gasteiger partial charge in [-0.05, 0) is 17.5 Å². The number of nitrogens with two attached hydrogens (primary N) is 2. The van der Waals surface area contributed by atoms with E-state index in [1.807, 2.05) is 45.0 Å². The van der Waals surface area contributed by atoms with Crippen LogP contribution in [0, 0.1) is 5.41 Å².